The van der Waals surface area contributed by atoms with Crippen molar-refractivity contribution in [2.75, 3.05) is 19.0 Å². The number of nitrogens with zero attached hydrogens (tertiary/aromatic N) is 2. The SMILES string of the molecule is COc1ccccc1NC(=O)N(Cc1ccccc1F)CC1CC(c2ccc(F)cc2)=NO1. The molecule has 0 aliphatic carbocycles. The van der Waals surface area contributed by atoms with Crippen molar-refractivity contribution in [3.8, 4) is 5.75 Å². The number of hydrogen-bond acceptors (Lipinski definition) is 4. The molecule has 0 fully saturated rings. The Morgan fingerprint density at radius 1 is 1.09 bits per heavy atom. The fourth-order valence-corrected chi connectivity index (χ4v) is 3.58. The van der Waals surface area contributed by atoms with Crippen molar-refractivity contribution in [3.63, 3.8) is 0 Å². The van der Waals surface area contributed by atoms with E-state index in [2.05, 4.69) is 10.5 Å². The molecule has 0 bridgehead atoms. The molecule has 3 aromatic carbocycles. The first-order valence-electron chi connectivity index (χ1n) is 10.4. The average Bonchev–Trinajstić information content (AvgIpc) is 3.29. The van der Waals surface area contributed by atoms with Gasteiger partial charge in [0.05, 0.1) is 31.6 Å². The number of benzene rings is 3. The van der Waals surface area contributed by atoms with E-state index in [4.69, 9.17) is 9.57 Å². The highest BCUT2D eigenvalue weighted by Crippen LogP contribution is 2.25. The van der Waals surface area contributed by atoms with Crippen LogP contribution in [0.3, 0.4) is 0 Å². The predicted octanol–water partition coefficient (Wildman–Crippen LogP) is 5.20. The number of amides is 2. The van der Waals surface area contributed by atoms with Gasteiger partial charge in [0.25, 0.3) is 0 Å². The number of anilines is 1. The van der Waals surface area contributed by atoms with Gasteiger partial charge < -0.3 is 19.8 Å². The number of nitrogens with one attached hydrogen (secondary N) is 1. The third-order valence-electron chi connectivity index (χ3n) is 5.29. The number of carbonyl (C=O) groups is 1. The lowest BCUT2D eigenvalue weighted by Gasteiger charge is -2.26. The Labute approximate surface area is 190 Å². The van der Waals surface area contributed by atoms with E-state index in [1.54, 1.807) is 54.6 Å². The number of carbonyl (C=O) groups excluding carboxylic acids is 1. The van der Waals surface area contributed by atoms with Crippen LogP contribution in [0.2, 0.25) is 0 Å². The number of oxime groups is 1. The molecule has 0 saturated heterocycles. The summed E-state index contributed by atoms with van der Waals surface area (Å²) in [4.78, 5) is 20.2. The van der Waals surface area contributed by atoms with Crippen LogP contribution in [0.1, 0.15) is 17.5 Å². The number of urea groups is 1. The summed E-state index contributed by atoms with van der Waals surface area (Å²) in [5, 5.41) is 6.94. The maximum absolute atomic E-state index is 14.3. The first kappa shape index (κ1) is 22.3. The molecule has 0 aromatic heterocycles. The van der Waals surface area contributed by atoms with E-state index in [0.717, 1.165) is 5.56 Å². The molecule has 1 unspecified atom stereocenters. The normalized spacial score (nSPS) is 14.9. The van der Waals surface area contributed by atoms with Crippen molar-refractivity contribution in [1.29, 1.82) is 0 Å². The number of para-hydroxylation sites is 2. The first-order chi connectivity index (χ1) is 16.0. The minimum absolute atomic E-state index is 0.0411. The summed E-state index contributed by atoms with van der Waals surface area (Å²) in [6.45, 7) is 0.211. The highest BCUT2D eigenvalue weighted by Gasteiger charge is 2.28. The van der Waals surface area contributed by atoms with Gasteiger partial charge in [-0.05, 0) is 35.9 Å². The van der Waals surface area contributed by atoms with Gasteiger partial charge in [-0.3, -0.25) is 0 Å². The van der Waals surface area contributed by atoms with Crippen LogP contribution in [-0.2, 0) is 11.4 Å². The van der Waals surface area contributed by atoms with Crippen LogP contribution in [0.25, 0.3) is 0 Å². The molecular weight excluding hydrogens is 428 g/mol. The van der Waals surface area contributed by atoms with Crippen LogP contribution in [0.15, 0.2) is 78.0 Å². The molecule has 3 aromatic rings. The molecule has 1 N–H and O–H groups in total. The number of hydrogen-bond donors (Lipinski definition) is 1. The second kappa shape index (κ2) is 10.1. The van der Waals surface area contributed by atoms with Gasteiger partial charge in [0.2, 0.25) is 0 Å². The van der Waals surface area contributed by atoms with Gasteiger partial charge in [-0.15, -0.1) is 0 Å². The second-order valence-electron chi connectivity index (χ2n) is 7.58. The molecule has 0 spiro atoms. The van der Waals surface area contributed by atoms with E-state index in [1.807, 2.05) is 0 Å². The van der Waals surface area contributed by atoms with Crippen molar-refractivity contribution < 1.29 is 23.1 Å². The van der Waals surface area contributed by atoms with Gasteiger partial charge in [0.15, 0.2) is 6.10 Å². The molecule has 1 atom stereocenters. The molecule has 170 valence electrons. The minimum atomic E-state index is -0.430. The van der Waals surface area contributed by atoms with Gasteiger partial charge in [-0.2, -0.15) is 0 Å². The lowest BCUT2D eigenvalue weighted by Crippen LogP contribution is -2.40. The molecule has 1 heterocycles. The molecule has 0 radical (unpaired) electrons. The molecule has 6 nitrogen and oxygen atoms in total. The third-order valence-corrected chi connectivity index (χ3v) is 5.29. The first-order valence-corrected chi connectivity index (χ1v) is 10.4. The van der Waals surface area contributed by atoms with Crippen molar-refractivity contribution >= 4 is 17.4 Å². The summed E-state index contributed by atoms with van der Waals surface area (Å²) in [7, 11) is 1.52. The zero-order chi connectivity index (χ0) is 23.2. The Hall–Kier alpha value is -3.94. The van der Waals surface area contributed by atoms with E-state index in [0.29, 0.717) is 29.1 Å². The van der Waals surface area contributed by atoms with Crippen molar-refractivity contribution in [2.24, 2.45) is 5.16 Å². The van der Waals surface area contributed by atoms with Gasteiger partial charge in [-0.1, -0.05) is 47.6 Å². The second-order valence-corrected chi connectivity index (χ2v) is 7.58. The molecule has 8 heteroatoms. The quantitative estimate of drug-likeness (QED) is 0.537. The zero-order valence-corrected chi connectivity index (χ0v) is 18.0. The van der Waals surface area contributed by atoms with Gasteiger partial charge in [-0.25, -0.2) is 13.6 Å². The van der Waals surface area contributed by atoms with Crippen LogP contribution in [-0.4, -0.2) is 36.4 Å². The van der Waals surface area contributed by atoms with Crippen LogP contribution in [0.4, 0.5) is 19.3 Å². The summed E-state index contributed by atoms with van der Waals surface area (Å²) in [6.07, 6.45) is 0.00156. The smallest absolute Gasteiger partial charge is 0.322 e. The topological polar surface area (TPSA) is 63.2 Å². The minimum Gasteiger partial charge on any atom is -0.495 e. The Kier molecular flexibility index (Phi) is 6.83. The average molecular weight is 451 g/mol. The lowest BCUT2D eigenvalue weighted by molar-refractivity contribution is 0.0606. The highest BCUT2D eigenvalue weighted by molar-refractivity contribution is 6.01. The lowest BCUT2D eigenvalue weighted by atomic mass is 10.0. The number of halogens is 2. The largest absolute Gasteiger partial charge is 0.495 e. The summed E-state index contributed by atoms with van der Waals surface area (Å²) in [5.74, 6) is -0.224. The molecule has 4 rings (SSSR count). The number of methoxy groups -OCH3 is 1. The molecular formula is C25H23F2N3O3. The summed E-state index contributed by atoms with van der Waals surface area (Å²) < 4.78 is 32.9. The predicted molar refractivity (Wildman–Crippen MR) is 121 cm³/mol. The zero-order valence-electron chi connectivity index (χ0n) is 18.0. The van der Waals surface area contributed by atoms with Crippen LogP contribution >= 0.6 is 0 Å². The van der Waals surface area contributed by atoms with Gasteiger partial charge >= 0.3 is 6.03 Å². The number of rotatable bonds is 7. The summed E-state index contributed by atoms with van der Waals surface area (Å²) >= 11 is 0. The van der Waals surface area contributed by atoms with Crippen molar-refractivity contribution in [3.05, 3.63) is 95.6 Å². The van der Waals surface area contributed by atoms with E-state index in [1.165, 1.54) is 30.2 Å². The maximum Gasteiger partial charge on any atom is 0.322 e. The molecule has 33 heavy (non-hydrogen) atoms. The Bertz CT molecular complexity index is 1150. The molecule has 0 saturated carbocycles. The fraction of sp³-hybridized carbons (Fsp3) is 0.200. The van der Waals surface area contributed by atoms with Crippen LogP contribution in [0, 0.1) is 11.6 Å². The Morgan fingerprint density at radius 3 is 2.58 bits per heavy atom. The Morgan fingerprint density at radius 2 is 1.82 bits per heavy atom. The third kappa shape index (κ3) is 5.46. The van der Waals surface area contributed by atoms with E-state index < -0.39 is 18.0 Å². The van der Waals surface area contributed by atoms with E-state index in [-0.39, 0.29) is 18.9 Å². The fourth-order valence-electron chi connectivity index (χ4n) is 3.58. The summed E-state index contributed by atoms with van der Waals surface area (Å²) in [5.41, 5.74) is 2.29. The van der Waals surface area contributed by atoms with Crippen molar-refractivity contribution in [1.82, 2.24) is 4.90 Å². The molecule has 1 aliphatic rings. The number of ether oxygens (including phenoxy) is 1. The molecule has 2 amide bonds. The Balaban J connectivity index is 1.50. The van der Waals surface area contributed by atoms with Crippen molar-refractivity contribution in [2.45, 2.75) is 19.1 Å². The van der Waals surface area contributed by atoms with Gasteiger partial charge in [0.1, 0.15) is 17.4 Å². The molecule has 1 aliphatic heterocycles. The highest BCUT2D eigenvalue weighted by atomic mass is 19.1. The summed E-state index contributed by atoms with van der Waals surface area (Å²) in [6, 6.07) is 18.9. The van der Waals surface area contributed by atoms with Crippen LogP contribution in [0.5, 0.6) is 5.75 Å². The maximum atomic E-state index is 14.3. The van der Waals surface area contributed by atoms with Crippen LogP contribution < -0.4 is 10.1 Å². The van der Waals surface area contributed by atoms with E-state index in [9.17, 15) is 13.6 Å². The standard InChI is InChI=1S/C25H23F2N3O3/c1-32-24-9-5-4-8-22(24)28-25(31)30(15-18-6-2-3-7-21(18)27)16-20-14-23(29-33-20)17-10-12-19(26)13-11-17/h2-13,20H,14-16H2,1H3,(H,28,31). The van der Waals surface area contributed by atoms with Gasteiger partial charge in [0, 0.05) is 12.0 Å². The monoisotopic (exact) mass is 451 g/mol. The van der Waals surface area contributed by atoms with E-state index >= 15 is 0 Å².